The van der Waals surface area contributed by atoms with Crippen LogP contribution in [0.5, 0.6) is 0 Å². The van der Waals surface area contributed by atoms with E-state index in [0.717, 1.165) is 11.1 Å². The molecule has 1 rings (SSSR count). The van der Waals surface area contributed by atoms with Crippen molar-refractivity contribution in [2.75, 3.05) is 6.26 Å². The Balaban J connectivity index is 2.78. The minimum absolute atomic E-state index is 0.442. The van der Waals surface area contributed by atoms with Crippen molar-refractivity contribution in [1.82, 2.24) is 0 Å². The standard InChI is InChI=1S/C10H14O3S2/c1-8-4-6-10(7-5-8)9(2)13-15(11,12)14-3/h4-7,9H,1-3H3. The largest absolute Gasteiger partial charge is 0.322 e. The highest BCUT2D eigenvalue weighted by Gasteiger charge is 2.15. The molecule has 1 aromatic rings. The Kier molecular flexibility index (Phi) is 4.19. The molecule has 3 nitrogen and oxygen atoms in total. The van der Waals surface area contributed by atoms with Gasteiger partial charge in [0, 0.05) is 0 Å². The predicted octanol–water partition coefficient (Wildman–Crippen LogP) is 2.68. The molecule has 0 aliphatic carbocycles. The van der Waals surface area contributed by atoms with Crippen LogP contribution in [0.2, 0.25) is 0 Å². The van der Waals surface area contributed by atoms with Crippen molar-refractivity contribution < 1.29 is 12.6 Å². The summed E-state index contributed by atoms with van der Waals surface area (Å²) < 4.78 is 27.3. The number of hydrogen-bond donors (Lipinski definition) is 0. The quantitative estimate of drug-likeness (QED) is 0.766. The lowest BCUT2D eigenvalue weighted by molar-refractivity contribution is 0.242. The third-order valence-corrected chi connectivity index (χ3v) is 4.41. The van der Waals surface area contributed by atoms with E-state index >= 15 is 0 Å². The molecule has 0 aliphatic rings. The van der Waals surface area contributed by atoms with E-state index in [9.17, 15) is 8.42 Å². The molecule has 0 N–H and O–H groups in total. The Hall–Kier alpha value is -0.520. The summed E-state index contributed by atoms with van der Waals surface area (Å²) in [6.45, 7) is 3.70. The normalized spacial score (nSPS) is 13.8. The monoisotopic (exact) mass is 246 g/mol. The van der Waals surface area contributed by atoms with Crippen molar-refractivity contribution in [2.24, 2.45) is 0 Å². The molecule has 1 atom stereocenters. The summed E-state index contributed by atoms with van der Waals surface area (Å²) in [6.07, 6.45) is 1.04. The molecule has 0 spiro atoms. The fourth-order valence-electron chi connectivity index (χ4n) is 1.11. The summed E-state index contributed by atoms with van der Waals surface area (Å²) in [5.74, 6) is 0. The first kappa shape index (κ1) is 12.5. The van der Waals surface area contributed by atoms with E-state index in [0.29, 0.717) is 10.8 Å². The highest BCUT2D eigenvalue weighted by molar-refractivity contribution is 8.70. The van der Waals surface area contributed by atoms with Crippen LogP contribution in [0.15, 0.2) is 24.3 Å². The van der Waals surface area contributed by atoms with Crippen LogP contribution in [-0.4, -0.2) is 14.7 Å². The van der Waals surface area contributed by atoms with Crippen LogP contribution in [0.1, 0.15) is 24.2 Å². The van der Waals surface area contributed by atoms with E-state index in [1.54, 1.807) is 6.92 Å². The lowest BCUT2D eigenvalue weighted by atomic mass is 10.1. The summed E-state index contributed by atoms with van der Waals surface area (Å²) in [6, 6.07) is 7.60. The zero-order chi connectivity index (χ0) is 11.5. The third kappa shape index (κ3) is 3.85. The Labute approximate surface area is 94.4 Å². The third-order valence-electron chi connectivity index (χ3n) is 2.01. The van der Waals surface area contributed by atoms with Gasteiger partial charge in [0.1, 0.15) is 6.10 Å². The van der Waals surface area contributed by atoms with Gasteiger partial charge in [-0.3, -0.25) is 4.18 Å². The molecule has 0 saturated heterocycles. The Morgan fingerprint density at radius 2 is 1.80 bits per heavy atom. The first-order valence-electron chi connectivity index (χ1n) is 4.50. The average Bonchev–Trinajstić information content (AvgIpc) is 2.18. The molecule has 1 aromatic carbocycles. The van der Waals surface area contributed by atoms with Gasteiger partial charge in [-0.05, 0) is 36.5 Å². The lowest BCUT2D eigenvalue weighted by Crippen LogP contribution is -2.05. The summed E-state index contributed by atoms with van der Waals surface area (Å²) in [4.78, 5) is 0. The number of hydrogen-bond acceptors (Lipinski definition) is 4. The van der Waals surface area contributed by atoms with Gasteiger partial charge in [0.15, 0.2) is 0 Å². The minimum Gasteiger partial charge on any atom is -0.254 e. The van der Waals surface area contributed by atoms with Crippen molar-refractivity contribution in [2.45, 2.75) is 20.0 Å². The summed E-state index contributed by atoms with van der Waals surface area (Å²) >= 11 is 0. The summed E-state index contributed by atoms with van der Waals surface area (Å²) in [5, 5.41) is 0. The maximum Gasteiger partial charge on any atom is 0.322 e. The van der Waals surface area contributed by atoms with Crippen LogP contribution in [0.4, 0.5) is 0 Å². The molecule has 0 bridgehead atoms. The lowest BCUT2D eigenvalue weighted by Gasteiger charge is -2.11. The molecule has 0 heterocycles. The van der Waals surface area contributed by atoms with Crippen molar-refractivity contribution in [3.05, 3.63) is 35.4 Å². The van der Waals surface area contributed by atoms with Gasteiger partial charge in [-0.2, -0.15) is 8.42 Å². The van der Waals surface area contributed by atoms with Gasteiger partial charge in [0.25, 0.3) is 0 Å². The van der Waals surface area contributed by atoms with Crippen molar-refractivity contribution in [1.29, 1.82) is 0 Å². The first-order valence-corrected chi connectivity index (χ1v) is 7.65. The SMILES string of the molecule is CSS(=O)(=O)OC(C)c1ccc(C)cc1. The summed E-state index contributed by atoms with van der Waals surface area (Å²) in [5.41, 5.74) is 2.00. The van der Waals surface area contributed by atoms with E-state index in [-0.39, 0.29) is 0 Å². The number of aryl methyl sites for hydroxylation is 1. The molecular weight excluding hydrogens is 232 g/mol. The molecule has 0 radical (unpaired) electrons. The van der Waals surface area contributed by atoms with Gasteiger partial charge in [-0.25, -0.2) is 0 Å². The van der Waals surface area contributed by atoms with Gasteiger partial charge in [0.05, 0.1) is 0 Å². The fourth-order valence-corrected chi connectivity index (χ4v) is 2.24. The molecule has 15 heavy (non-hydrogen) atoms. The van der Waals surface area contributed by atoms with Crippen LogP contribution in [0.3, 0.4) is 0 Å². The molecule has 0 aromatic heterocycles. The van der Waals surface area contributed by atoms with E-state index in [1.165, 1.54) is 6.26 Å². The van der Waals surface area contributed by atoms with Crippen molar-refractivity contribution in [3.8, 4) is 0 Å². The molecular formula is C10H14O3S2. The zero-order valence-corrected chi connectivity index (χ0v) is 10.6. The first-order chi connectivity index (χ1) is 6.94. The Morgan fingerprint density at radius 3 is 2.27 bits per heavy atom. The molecule has 1 unspecified atom stereocenters. The van der Waals surface area contributed by atoms with E-state index in [4.69, 9.17) is 4.18 Å². The van der Waals surface area contributed by atoms with Crippen LogP contribution in [-0.2, 0) is 13.3 Å². The van der Waals surface area contributed by atoms with Crippen molar-refractivity contribution in [3.63, 3.8) is 0 Å². The second kappa shape index (κ2) is 5.01. The van der Waals surface area contributed by atoms with Gasteiger partial charge < -0.3 is 0 Å². The van der Waals surface area contributed by atoms with Gasteiger partial charge >= 0.3 is 9.15 Å². The second-order valence-corrected chi connectivity index (χ2v) is 6.79. The maximum atomic E-state index is 11.2. The van der Waals surface area contributed by atoms with E-state index < -0.39 is 15.3 Å². The van der Waals surface area contributed by atoms with Crippen LogP contribution in [0.25, 0.3) is 0 Å². The van der Waals surface area contributed by atoms with Crippen LogP contribution < -0.4 is 0 Å². The van der Waals surface area contributed by atoms with Gasteiger partial charge in [-0.1, -0.05) is 29.8 Å². The molecule has 5 heteroatoms. The topological polar surface area (TPSA) is 43.4 Å². The fraction of sp³-hybridized carbons (Fsp3) is 0.400. The number of rotatable bonds is 4. The number of benzene rings is 1. The van der Waals surface area contributed by atoms with Crippen LogP contribution >= 0.6 is 10.8 Å². The van der Waals surface area contributed by atoms with E-state index in [2.05, 4.69) is 0 Å². The van der Waals surface area contributed by atoms with Crippen molar-refractivity contribution >= 4 is 19.9 Å². The molecule has 84 valence electrons. The highest BCUT2D eigenvalue weighted by Crippen LogP contribution is 2.23. The van der Waals surface area contributed by atoms with Gasteiger partial charge in [0.2, 0.25) is 0 Å². The molecule has 0 aliphatic heterocycles. The Bertz CT molecular complexity index is 409. The summed E-state index contributed by atoms with van der Waals surface area (Å²) in [7, 11) is -2.76. The predicted molar refractivity (Wildman–Crippen MR) is 63.1 cm³/mol. The molecule has 0 saturated carbocycles. The molecule has 0 fully saturated rings. The maximum absolute atomic E-state index is 11.2. The average molecular weight is 246 g/mol. The highest BCUT2D eigenvalue weighted by atomic mass is 33.1. The van der Waals surface area contributed by atoms with Crippen LogP contribution in [0, 0.1) is 6.92 Å². The Morgan fingerprint density at radius 1 is 1.27 bits per heavy atom. The minimum atomic E-state index is -3.46. The van der Waals surface area contributed by atoms with E-state index in [1.807, 2.05) is 31.2 Å². The molecule has 0 amide bonds. The second-order valence-electron chi connectivity index (χ2n) is 3.22. The smallest absolute Gasteiger partial charge is 0.254 e. The van der Waals surface area contributed by atoms with Gasteiger partial charge in [-0.15, -0.1) is 0 Å². The zero-order valence-electron chi connectivity index (χ0n) is 8.93.